The van der Waals surface area contributed by atoms with Gasteiger partial charge in [0, 0.05) is 19.2 Å². The first-order chi connectivity index (χ1) is 13.8. The van der Waals surface area contributed by atoms with Gasteiger partial charge in [-0.25, -0.2) is 0 Å². The summed E-state index contributed by atoms with van der Waals surface area (Å²) in [5.74, 6) is -1.52. The molecule has 0 aliphatic rings. The van der Waals surface area contributed by atoms with Crippen molar-refractivity contribution in [2.24, 2.45) is 7.05 Å². The number of hydrogen-bond acceptors (Lipinski definition) is 10. The summed E-state index contributed by atoms with van der Waals surface area (Å²) in [6, 6.07) is 2.71. The minimum absolute atomic E-state index is 0.0605. The number of non-ortho nitro benzene ring substituents is 2. The molecule has 0 bridgehead atoms. The van der Waals surface area contributed by atoms with E-state index in [0.29, 0.717) is 0 Å². The Morgan fingerprint density at radius 2 is 1.97 bits per heavy atom. The molecule has 1 aromatic carbocycles. The number of fused-ring (bicyclic) bond motifs is 3. The molecule has 3 aromatic heterocycles. The molecule has 0 atom stereocenters. The maximum Gasteiger partial charge on any atom is 0.300 e. The van der Waals surface area contributed by atoms with E-state index in [4.69, 9.17) is 4.42 Å². The summed E-state index contributed by atoms with van der Waals surface area (Å²) in [6.07, 6.45) is 0. The topological polar surface area (TPSA) is 205 Å². The zero-order chi connectivity index (χ0) is 20.9. The molecule has 0 spiro atoms. The van der Waals surface area contributed by atoms with E-state index >= 15 is 0 Å². The van der Waals surface area contributed by atoms with Crippen LogP contribution in [0.1, 0.15) is 10.6 Å². The molecule has 4 aromatic rings. The van der Waals surface area contributed by atoms with Crippen LogP contribution in [-0.4, -0.2) is 40.9 Å². The summed E-state index contributed by atoms with van der Waals surface area (Å²) in [6.45, 7) is 0. The van der Waals surface area contributed by atoms with Gasteiger partial charge >= 0.3 is 5.69 Å². The number of aromatic nitrogens is 5. The van der Waals surface area contributed by atoms with Crippen LogP contribution in [-0.2, 0) is 7.05 Å². The standard InChI is InChI=1S/C14H8N8O7/c1-20-10-6(2-5(21(25)26)3-7(10)22(27)28)12-11(20)8(23)4-9(29-12)13(24)15-14-16-18-19-17-14/h2-4H,1H3,(H2,15,16,17,18,19,24). The number of carbonyl (C=O) groups excluding carboxylic acids is 1. The van der Waals surface area contributed by atoms with Gasteiger partial charge < -0.3 is 8.98 Å². The molecule has 3 heterocycles. The van der Waals surface area contributed by atoms with Crippen molar-refractivity contribution >= 4 is 45.2 Å². The maximum absolute atomic E-state index is 12.6. The second-order valence-electron chi connectivity index (χ2n) is 5.78. The Balaban J connectivity index is 2.02. The van der Waals surface area contributed by atoms with E-state index in [0.717, 1.165) is 18.2 Å². The lowest BCUT2D eigenvalue weighted by Crippen LogP contribution is -2.16. The highest BCUT2D eigenvalue weighted by Gasteiger charge is 2.27. The summed E-state index contributed by atoms with van der Waals surface area (Å²) >= 11 is 0. The van der Waals surface area contributed by atoms with Crippen LogP contribution < -0.4 is 10.7 Å². The number of rotatable bonds is 4. The Morgan fingerprint density at radius 3 is 2.59 bits per heavy atom. The Hall–Kier alpha value is -4.69. The molecule has 2 N–H and O–H groups in total. The molecule has 29 heavy (non-hydrogen) atoms. The minimum atomic E-state index is -0.887. The van der Waals surface area contributed by atoms with Crippen LogP contribution in [0.5, 0.6) is 0 Å². The number of aryl methyl sites for hydroxylation is 1. The molecule has 0 saturated heterocycles. The fraction of sp³-hybridized carbons (Fsp3) is 0.0714. The SMILES string of the molecule is Cn1c2c([N+](=O)[O-])cc([N+](=O)[O-])cc2c2oc(C(=O)Nc3nn[nH]n3)cc(=O)c21. The molecular formula is C14H8N8O7. The van der Waals surface area contributed by atoms with Crippen molar-refractivity contribution in [3.8, 4) is 0 Å². The van der Waals surface area contributed by atoms with Gasteiger partial charge in [-0.15, -0.1) is 5.10 Å². The van der Waals surface area contributed by atoms with Gasteiger partial charge in [0.15, 0.2) is 11.3 Å². The average molecular weight is 400 g/mol. The fourth-order valence-electron chi connectivity index (χ4n) is 2.96. The minimum Gasteiger partial charge on any atom is -0.448 e. The molecule has 4 rings (SSSR count). The molecule has 0 aliphatic heterocycles. The molecule has 15 nitrogen and oxygen atoms in total. The predicted molar refractivity (Wildman–Crippen MR) is 94.4 cm³/mol. The third kappa shape index (κ3) is 2.73. The van der Waals surface area contributed by atoms with Crippen molar-refractivity contribution in [1.29, 1.82) is 0 Å². The number of H-pyrrole nitrogens is 1. The maximum atomic E-state index is 12.6. The molecule has 15 heteroatoms. The summed E-state index contributed by atoms with van der Waals surface area (Å²) in [5.41, 5.74) is -2.20. The van der Waals surface area contributed by atoms with Crippen molar-refractivity contribution < 1.29 is 19.1 Å². The number of nitrogens with zero attached hydrogens (tertiary/aromatic N) is 6. The van der Waals surface area contributed by atoms with Crippen LogP contribution in [0.15, 0.2) is 27.4 Å². The summed E-state index contributed by atoms with van der Waals surface area (Å²) in [5, 5.41) is 37.2. The Kier molecular flexibility index (Phi) is 3.78. The van der Waals surface area contributed by atoms with E-state index < -0.39 is 38.3 Å². The molecule has 0 saturated carbocycles. The molecule has 0 fully saturated rings. The van der Waals surface area contributed by atoms with Crippen LogP contribution in [0.25, 0.3) is 22.0 Å². The second-order valence-corrected chi connectivity index (χ2v) is 5.78. The fourth-order valence-corrected chi connectivity index (χ4v) is 2.96. The Morgan fingerprint density at radius 1 is 1.21 bits per heavy atom. The summed E-state index contributed by atoms with van der Waals surface area (Å²) in [7, 11) is 1.37. The van der Waals surface area contributed by atoms with Crippen LogP contribution in [0.3, 0.4) is 0 Å². The Labute approximate surface area is 157 Å². The number of hydrogen-bond donors (Lipinski definition) is 2. The van der Waals surface area contributed by atoms with Crippen LogP contribution in [0.2, 0.25) is 0 Å². The number of carbonyl (C=O) groups is 1. The number of benzene rings is 1. The van der Waals surface area contributed by atoms with Gasteiger partial charge in [-0.3, -0.25) is 35.1 Å². The number of aromatic amines is 1. The van der Waals surface area contributed by atoms with Crippen molar-refractivity contribution in [1.82, 2.24) is 25.2 Å². The highest BCUT2D eigenvalue weighted by atomic mass is 16.6. The quantitative estimate of drug-likeness (QED) is 0.365. The molecule has 0 aliphatic carbocycles. The number of nitrogens with one attached hydrogen (secondary N) is 2. The second kappa shape index (κ2) is 6.19. The van der Waals surface area contributed by atoms with Gasteiger partial charge in [-0.1, -0.05) is 5.10 Å². The van der Waals surface area contributed by atoms with Gasteiger partial charge in [0.05, 0.1) is 21.3 Å². The first-order valence-corrected chi connectivity index (χ1v) is 7.71. The number of tetrazole rings is 1. The van der Waals surface area contributed by atoms with E-state index in [1.165, 1.54) is 11.6 Å². The van der Waals surface area contributed by atoms with Crippen molar-refractivity contribution in [2.75, 3.05) is 5.32 Å². The summed E-state index contributed by atoms with van der Waals surface area (Å²) in [4.78, 5) is 45.9. The number of amides is 1. The number of anilines is 1. The van der Waals surface area contributed by atoms with Crippen LogP contribution in [0.4, 0.5) is 17.3 Å². The number of nitro benzene ring substituents is 2. The molecule has 0 radical (unpaired) electrons. The largest absolute Gasteiger partial charge is 0.448 e. The van der Waals surface area contributed by atoms with Gasteiger partial charge in [0.2, 0.25) is 5.43 Å². The van der Waals surface area contributed by atoms with Gasteiger partial charge in [-0.05, 0) is 5.21 Å². The highest BCUT2D eigenvalue weighted by Crippen LogP contribution is 2.36. The van der Waals surface area contributed by atoms with Gasteiger partial charge in [0.1, 0.15) is 11.0 Å². The summed E-state index contributed by atoms with van der Waals surface area (Å²) < 4.78 is 6.69. The van der Waals surface area contributed by atoms with Crippen molar-refractivity contribution in [3.63, 3.8) is 0 Å². The molecular weight excluding hydrogens is 392 g/mol. The van der Waals surface area contributed by atoms with E-state index in [9.17, 15) is 29.8 Å². The van der Waals surface area contributed by atoms with E-state index in [1.807, 2.05) is 0 Å². The zero-order valence-electron chi connectivity index (χ0n) is 14.3. The molecule has 1 amide bonds. The monoisotopic (exact) mass is 400 g/mol. The van der Waals surface area contributed by atoms with E-state index in [-0.39, 0.29) is 28.0 Å². The van der Waals surface area contributed by atoms with Gasteiger partial charge in [0.25, 0.3) is 17.5 Å². The van der Waals surface area contributed by atoms with Crippen molar-refractivity contribution in [2.45, 2.75) is 0 Å². The van der Waals surface area contributed by atoms with Gasteiger partial charge in [-0.2, -0.15) is 5.21 Å². The number of nitro groups is 2. The average Bonchev–Trinajstić information content (AvgIpc) is 3.27. The predicted octanol–water partition coefficient (Wildman–Crippen LogP) is 0.866. The zero-order valence-corrected chi connectivity index (χ0v) is 14.3. The van der Waals surface area contributed by atoms with Crippen molar-refractivity contribution in [3.05, 3.63) is 54.4 Å². The first kappa shape index (κ1) is 17.7. The lowest BCUT2D eigenvalue weighted by molar-refractivity contribution is -0.393. The van der Waals surface area contributed by atoms with Crippen LogP contribution >= 0.6 is 0 Å². The van der Waals surface area contributed by atoms with E-state index in [2.05, 4.69) is 25.9 Å². The normalized spacial score (nSPS) is 11.1. The lowest BCUT2D eigenvalue weighted by atomic mass is 10.2. The first-order valence-electron chi connectivity index (χ1n) is 7.71. The smallest absolute Gasteiger partial charge is 0.300 e. The molecule has 0 unspecified atom stereocenters. The Bertz CT molecular complexity index is 1380. The third-order valence-electron chi connectivity index (χ3n) is 4.11. The van der Waals surface area contributed by atoms with Crippen LogP contribution in [0, 0.1) is 20.2 Å². The van der Waals surface area contributed by atoms with E-state index in [1.54, 1.807) is 0 Å². The lowest BCUT2D eigenvalue weighted by Gasteiger charge is -2.00. The highest BCUT2D eigenvalue weighted by molar-refractivity contribution is 6.10. The molecule has 146 valence electrons. The third-order valence-corrected chi connectivity index (χ3v) is 4.11.